The minimum Gasteiger partial charge on any atom is -0.444 e. The van der Waals surface area contributed by atoms with Crippen molar-refractivity contribution in [3.63, 3.8) is 0 Å². The fourth-order valence-corrected chi connectivity index (χ4v) is 1.86. The summed E-state index contributed by atoms with van der Waals surface area (Å²) in [6, 6.07) is 1.26. The molecule has 1 rings (SSSR count). The van der Waals surface area contributed by atoms with Gasteiger partial charge in [0.25, 0.3) is 0 Å². The average Bonchev–Trinajstić information content (AvgIpc) is 2.29. The van der Waals surface area contributed by atoms with E-state index in [4.69, 9.17) is 4.74 Å². The van der Waals surface area contributed by atoms with E-state index in [0.717, 1.165) is 0 Å². The summed E-state index contributed by atoms with van der Waals surface area (Å²) in [6.45, 7) is 9.61. The van der Waals surface area contributed by atoms with Crippen LogP contribution in [0.25, 0.3) is 0 Å². The Bertz CT molecular complexity index is 500. The normalized spacial score (nSPS) is 11.1. The van der Waals surface area contributed by atoms with E-state index in [1.54, 1.807) is 26.8 Å². The number of halogens is 2. The molecular weight excluding hydrogens is 327 g/mol. The molecule has 0 spiro atoms. The van der Waals surface area contributed by atoms with E-state index in [-0.39, 0.29) is 6.54 Å². The molecule has 0 aliphatic rings. The maximum Gasteiger partial charge on any atom is 0.410 e. The highest BCUT2D eigenvalue weighted by molar-refractivity contribution is 9.10. The van der Waals surface area contributed by atoms with E-state index in [1.807, 2.05) is 0 Å². The van der Waals surface area contributed by atoms with Gasteiger partial charge in [0.2, 0.25) is 5.95 Å². The van der Waals surface area contributed by atoms with Crippen molar-refractivity contribution in [3.05, 3.63) is 40.9 Å². The summed E-state index contributed by atoms with van der Waals surface area (Å²) in [4.78, 5) is 17.1. The van der Waals surface area contributed by atoms with Gasteiger partial charge < -0.3 is 9.64 Å². The van der Waals surface area contributed by atoms with Gasteiger partial charge in [-0.15, -0.1) is 6.58 Å². The fourth-order valence-electron chi connectivity index (χ4n) is 1.44. The van der Waals surface area contributed by atoms with Gasteiger partial charge in [-0.3, -0.25) is 0 Å². The number of nitrogens with zero attached hydrogens (tertiary/aromatic N) is 2. The van der Waals surface area contributed by atoms with Crippen LogP contribution < -0.4 is 0 Å². The SMILES string of the molecule is C=CCN(Cc1cnc(F)cc1Br)C(=O)OC(C)(C)C. The zero-order valence-electron chi connectivity index (χ0n) is 11.8. The summed E-state index contributed by atoms with van der Waals surface area (Å²) < 4.78 is 18.8. The van der Waals surface area contributed by atoms with E-state index in [1.165, 1.54) is 17.2 Å². The van der Waals surface area contributed by atoms with Crippen LogP contribution in [0.3, 0.4) is 0 Å². The molecule has 1 aromatic rings. The molecule has 0 saturated carbocycles. The molecule has 0 unspecified atom stereocenters. The minimum absolute atomic E-state index is 0.259. The van der Waals surface area contributed by atoms with Crippen LogP contribution in [0.2, 0.25) is 0 Å². The Hall–Kier alpha value is -1.43. The fraction of sp³-hybridized carbons (Fsp3) is 0.429. The third-order valence-electron chi connectivity index (χ3n) is 2.26. The van der Waals surface area contributed by atoms with Crippen molar-refractivity contribution in [1.29, 1.82) is 0 Å². The second-order valence-corrected chi connectivity index (χ2v) is 6.10. The van der Waals surface area contributed by atoms with Crippen LogP contribution in [0.4, 0.5) is 9.18 Å². The van der Waals surface area contributed by atoms with E-state index < -0.39 is 17.6 Å². The highest BCUT2D eigenvalue weighted by Crippen LogP contribution is 2.19. The number of ether oxygens (including phenoxy) is 1. The minimum atomic E-state index is -0.576. The maximum absolute atomic E-state index is 13.0. The third kappa shape index (κ3) is 5.28. The Morgan fingerprint density at radius 2 is 2.25 bits per heavy atom. The van der Waals surface area contributed by atoms with Crippen LogP contribution >= 0.6 is 15.9 Å². The summed E-state index contributed by atoms with van der Waals surface area (Å²) in [5, 5.41) is 0. The Kier molecular flexibility index (Phi) is 5.68. The molecule has 1 aromatic heterocycles. The van der Waals surface area contributed by atoms with Crippen molar-refractivity contribution in [3.8, 4) is 0 Å². The largest absolute Gasteiger partial charge is 0.444 e. The predicted molar refractivity (Wildman–Crippen MR) is 78.7 cm³/mol. The molecule has 0 N–H and O–H groups in total. The first-order valence-electron chi connectivity index (χ1n) is 6.11. The van der Waals surface area contributed by atoms with Crippen molar-refractivity contribution < 1.29 is 13.9 Å². The monoisotopic (exact) mass is 344 g/mol. The summed E-state index contributed by atoms with van der Waals surface area (Å²) in [5.41, 5.74) is 0.119. The highest BCUT2D eigenvalue weighted by atomic mass is 79.9. The van der Waals surface area contributed by atoms with E-state index in [2.05, 4.69) is 27.5 Å². The molecule has 0 saturated heterocycles. The van der Waals surface area contributed by atoms with Crippen molar-refractivity contribution in [2.45, 2.75) is 32.9 Å². The topological polar surface area (TPSA) is 42.4 Å². The second kappa shape index (κ2) is 6.83. The lowest BCUT2D eigenvalue weighted by Crippen LogP contribution is -2.36. The molecule has 110 valence electrons. The van der Waals surface area contributed by atoms with Gasteiger partial charge in [-0.25, -0.2) is 9.78 Å². The number of carbonyl (C=O) groups is 1. The molecule has 0 radical (unpaired) electrons. The zero-order valence-corrected chi connectivity index (χ0v) is 13.4. The van der Waals surface area contributed by atoms with Gasteiger partial charge in [0.15, 0.2) is 0 Å². The molecule has 0 aliphatic carbocycles. The van der Waals surface area contributed by atoms with Crippen LogP contribution in [-0.2, 0) is 11.3 Å². The van der Waals surface area contributed by atoms with Crippen LogP contribution in [0.1, 0.15) is 26.3 Å². The Labute approximate surface area is 126 Å². The summed E-state index contributed by atoms with van der Waals surface area (Å²) in [5.74, 6) is -0.576. The van der Waals surface area contributed by atoms with Gasteiger partial charge in [-0.05, 0) is 20.8 Å². The van der Waals surface area contributed by atoms with Crippen LogP contribution in [-0.4, -0.2) is 28.1 Å². The van der Waals surface area contributed by atoms with Crippen LogP contribution in [0.15, 0.2) is 29.4 Å². The highest BCUT2D eigenvalue weighted by Gasteiger charge is 2.22. The van der Waals surface area contributed by atoms with Gasteiger partial charge in [0.1, 0.15) is 5.60 Å². The number of carbonyl (C=O) groups excluding carboxylic acids is 1. The molecule has 4 nitrogen and oxygen atoms in total. The quantitative estimate of drug-likeness (QED) is 0.614. The molecule has 0 atom stereocenters. The van der Waals surface area contributed by atoms with Crippen LogP contribution in [0, 0.1) is 5.95 Å². The number of rotatable bonds is 4. The molecule has 1 amide bonds. The maximum atomic E-state index is 13.0. The van der Waals surface area contributed by atoms with Gasteiger partial charge in [0.05, 0.1) is 6.54 Å². The number of hydrogen-bond donors (Lipinski definition) is 0. The first-order valence-corrected chi connectivity index (χ1v) is 6.91. The second-order valence-electron chi connectivity index (χ2n) is 5.25. The van der Waals surface area contributed by atoms with Crippen molar-refractivity contribution in [2.24, 2.45) is 0 Å². The lowest BCUT2D eigenvalue weighted by Gasteiger charge is -2.26. The van der Waals surface area contributed by atoms with Gasteiger partial charge >= 0.3 is 6.09 Å². The average molecular weight is 345 g/mol. The van der Waals surface area contributed by atoms with E-state index in [0.29, 0.717) is 16.6 Å². The molecule has 0 aliphatic heterocycles. The molecule has 6 heteroatoms. The molecule has 0 fully saturated rings. The molecule has 1 heterocycles. The molecule has 0 aromatic carbocycles. The van der Waals surface area contributed by atoms with Crippen LogP contribution in [0.5, 0.6) is 0 Å². The smallest absolute Gasteiger partial charge is 0.410 e. The Morgan fingerprint density at radius 1 is 1.60 bits per heavy atom. The summed E-state index contributed by atoms with van der Waals surface area (Å²) >= 11 is 3.25. The van der Waals surface area contributed by atoms with Crippen molar-refractivity contribution in [1.82, 2.24) is 9.88 Å². The lowest BCUT2D eigenvalue weighted by molar-refractivity contribution is 0.0256. The molecule has 20 heavy (non-hydrogen) atoms. The first-order chi connectivity index (χ1) is 9.23. The Morgan fingerprint density at radius 3 is 2.75 bits per heavy atom. The molecular formula is C14H18BrFN2O2. The zero-order chi connectivity index (χ0) is 15.3. The molecule has 0 bridgehead atoms. The number of aromatic nitrogens is 1. The Balaban J connectivity index is 2.86. The number of amides is 1. The predicted octanol–water partition coefficient (Wildman–Crippen LogP) is 3.91. The number of pyridine rings is 1. The van der Waals surface area contributed by atoms with E-state index in [9.17, 15) is 9.18 Å². The van der Waals surface area contributed by atoms with Crippen molar-refractivity contribution in [2.75, 3.05) is 6.54 Å². The van der Waals surface area contributed by atoms with Gasteiger partial charge in [0, 0.05) is 28.8 Å². The summed E-state index contributed by atoms with van der Waals surface area (Å²) in [7, 11) is 0. The third-order valence-corrected chi connectivity index (χ3v) is 3.00. The van der Waals surface area contributed by atoms with Gasteiger partial charge in [-0.2, -0.15) is 4.39 Å². The van der Waals surface area contributed by atoms with Crippen molar-refractivity contribution >= 4 is 22.0 Å². The first kappa shape index (κ1) is 16.6. The van der Waals surface area contributed by atoms with E-state index >= 15 is 0 Å². The van der Waals surface area contributed by atoms with Gasteiger partial charge in [-0.1, -0.05) is 22.0 Å². The number of hydrogen-bond acceptors (Lipinski definition) is 3. The standard InChI is InChI=1S/C14H18BrFN2O2/c1-5-6-18(13(19)20-14(2,3)4)9-10-8-17-12(16)7-11(10)15/h5,7-8H,1,6,9H2,2-4H3. The lowest BCUT2D eigenvalue weighted by atomic mass is 10.2. The summed E-state index contributed by atoms with van der Waals surface area (Å²) in [6.07, 6.45) is 2.54.